The Bertz CT molecular complexity index is 707. The molecule has 6 nitrogen and oxygen atoms in total. The minimum Gasteiger partial charge on any atom is -0.353 e. The molecule has 1 aliphatic carbocycles. The van der Waals surface area contributed by atoms with Crippen LogP contribution in [0, 0.1) is 0 Å². The van der Waals surface area contributed by atoms with Gasteiger partial charge in [0.2, 0.25) is 5.91 Å². The van der Waals surface area contributed by atoms with E-state index in [1.54, 1.807) is 0 Å². The summed E-state index contributed by atoms with van der Waals surface area (Å²) in [5, 5.41) is 3.70. The first kappa shape index (κ1) is 20.2. The van der Waals surface area contributed by atoms with Crippen molar-refractivity contribution in [2.24, 2.45) is 4.99 Å². The van der Waals surface area contributed by atoms with Crippen LogP contribution in [0.4, 0.5) is 0 Å². The predicted octanol–water partition coefficient (Wildman–Crippen LogP) is 2.14. The van der Waals surface area contributed by atoms with E-state index in [4.69, 9.17) is 4.99 Å². The van der Waals surface area contributed by atoms with Gasteiger partial charge in [-0.3, -0.25) is 14.7 Å². The van der Waals surface area contributed by atoms with E-state index in [0.717, 1.165) is 64.6 Å². The summed E-state index contributed by atoms with van der Waals surface area (Å²) in [6, 6.07) is 11.2. The van der Waals surface area contributed by atoms with Crippen LogP contribution in [0.5, 0.6) is 0 Å². The number of likely N-dealkylation sites (tertiary alicyclic amines) is 1. The Balaban J connectivity index is 1.29. The summed E-state index contributed by atoms with van der Waals surface area (Å²) >= 11 is 0. The first-order chi connectivity index (χ1) is 14.2. The number of nitrogens with zero attached hydrogens (tertiary/aromatic N) is 4. The molecule has 6 heteroatoms. The van der Waals surface area contributed by atoms with Crippen LogP contribution in [-0.4, -0.2) is 84.5 Å². The van der Waals surface area contributed by atoms with Crippen LogP contribution in [0.3, 0.4) is 0 Å². The molecule has 29 heavy (non-hydrogen) atoms. The zero-order valence-corrected chi connectivity index (χ0v) is 17.9. The predicted molar refractivity (Wildman–Crippen MR) is 117 cm³/mol. The average molecular weight is 398 g/mol. The summed E-state index contributed by atoms with van der Waals surface area (Å²) in [6.07, 6.45) is 3.48. The molecule has 1 saturated carbocycles. The van der Waals surface area contributed by atoms with Crippen molar-refractivity contribution in [3.63, 3.8) is 0 Å². The molecule has 2 heterocycles. The number of rotatable bonds is 5. The highest BCUT2D eigenvalue weighted by molar-refractivity contribution is 5.82. The Hall–Kier alpha value is -2.08. The number of guanidine groups is 1. The van der Waals surface area contributed by atoms with E-state index in [0.29, 0.717) is 17.9 Å². The summed E-state index contributed by atoms with van der Waals surface area (Å²) in [6.45, 7) is 10.5. The molecule has 2 aliphatic heterocycles. The molecular formula is C23H35N5O. The van der Waals surface area contributed by atoms with Gasteiger partial charge in [-0.25, -0.2) is 0 Å². The maximum Gasteiger partial charge on any atom is 0.239 e. The van der Waals surface area contributed by atoms with Gasteiger partial charge < -0.3 is 15.1 Å². The molecular weight excluding hydrogens is 362 g/mol. The van der Waals surface area contributed by atoms with Crippen molar-refractivity contribution in [2.75, 3.05) is 45.8 Å². The fourth-order valence-electron chi connectivity index (χ4n) is 4.65. The number of carbonyl (C=O) groups is 1. The topological polar surface area (TPSA) is 51.2 Å². The quantitative estimate of drug-likeness (QED) is 0.611. The zero-order valence-electron chi connectivity index (χ0n) is 17.9. The number of hydrogen-bond donors (Lipinski definition) is 1. The maximum atomic E-state index is 12.7. The summed E-state index contributed by atoms with van der Waals surface area (Å²) in [5.74, 6) is 1.94. The molecule has 1 amide bonds. The molecule has 158 valence electrons. The lowest BCUT2D eigenvalue weighted by molar-refractivity contribution is -0.135. The summed E-state index contributed by atoms with van der Waals surface area (Å²) in [5.41, 5.74) is 1.42. The lowest BCUT2D eigenvalue weighted by Crippen LogP contribution is -2.57. The summed E-state index contributed by atoms with van der Waals surface area (Å²) < 4.78 is 0. The molecule has 3 unspecified atom stereocenters. The van der Waals surface area contributed by atoms with Gasteiger partial charge in [0, 0.05) is 57.8 Å². The molecule has 4 rings (SSSR count). The zero-order chi connectivity index (χ0) is 20.2. The van der Waals surface area contributed by atoms with Gasteiger partial charge in [0.15, 0.2) is 5.96 Å². The molecule has 0 aromatic heterocycles. The number of nitrogens with one attached hydrogen (secondary N) is 1. The van der Waals surface area contributed by atoms with E-state index in [1.165, 1.54) is 12.0 Å². The van der Waals surface area contributed by atoms with Gasteiger partial charge in [-0.05, 0) is 38.7 Å². The Morgan fingerprint density at radius 3 is 2.41 bits per heavy atom. The van der Waals surface area contributed by atoms with Gasteiger partial charge in [0.1, 0.15) is 0 Å². The van der Waals surface area contributed by atoms with E-state index in [-0.39, 0.29) is 6.04 Å². The number of aliphatic imine (C=N–C) groups is 1. The van der Waals surface area contributed by atoms with Crippen molar-refractivity contribution < 1.29 is 4.79 Å². The number of amides is 1. The smallest absolute Gasteiger partial charge is 0.239 e. The second-order valence-electron chi connectivity index (χ2n) is 8.53. The Morgan fingerprint density at radius 1 is 1.07 bits per heavy atom. The first-order valence-electron chi connectivity index (χ1n) is 11.3. The maximum absolute atomic E-state index is 12.7. The molecule has 3 aliphatic rings. The van der Waals surface area contributed by atoms with Crippen molar-refractivity contribution in [3.8, 4) is 0 Å². The van der Waals surface area contributed by atoms with E-state index < -0.39 is 0 Å². The van der Waals surface area contributed by atoms with Crippen LogP contribution in [0.25, 0.3) is 0 Å². The highest BCUT2D eigenvalue weighted by atomic mass is 16.2. The minimum atomic E-state index is -0.0133. The van der Waals surface area contributed by atoms with Gasteiger partial charge in [-0.1, -0.05) is 30.3 Å². The Labute approximate surface area is 175 Å². The third-order valence-electron chi connectivity index (χ3n) is 6.58. The van der Waals surface area contributed by atoms with E-state index in [1.807, 2.05) is 4.90 Å². The van der Waals surface area contributed by atoms with Crippen LogP contribution < -0.4 is 5.32 Å². The number of carbonyl (C=O) groups excluding carboxylic acids is 1. The lowest BCUT2D eigenvalue weighted by Gasteiger charge is -2.39. The minimum absolute atomic E-state index is 0.0133. The van der Waals surface area contributed by atoms with E-state index >= 15 is 0 Å². The standard InChI is InChI=1S/C23H35N5O/c1-3-24-23(25-21-17-20(21)19-9-5-4-6-10-19)28-15-13-26(14-16-28)18(2)22(29)27-11-7-8-12-27/h4-6,9-10,18,20-21H,3,7-8,11-17H2,1-2H3,(H,24,25). The van der Waals surface area contributed by atoms with E-state index in [9.17, 15) is 4.79 Å². The molecule has 0 bridgehead atoms. The van der Waals surface area contributed by atoms with Crippen LogP contribution in [0.15, 0.2) is 35.3 Å². The van der Waals surface area contributed by atoms with Crippen molar-refractivity contribution in [1.29, 1.82) is 0 Å². The van der Waals surface area contributed by atoms with E-state index in [2.05, 4.69) is 59.3 Å². The summed E-state index contributed by atoms with van der Waals surface area (Å²) in [7, 11) is 0. The number of benzene rings is 1. The second-order valence-corrected chi connectivity index (χ2v) is 8.53. The fraction of sp³-hybridized carbons (Fsp3) is 0.652. The number of hydrogen-bond acceptors (Lipinski definition) is 3. The largest absolute Gasteiger partial charge is 0.353 e. The third-order valence-corrected chi connectivity index (χ3v) is 6.58. The van der Waals surface area contributed by atoms with Crippen molar-refractivity contribution in [2.45, 2.75) is 51.1 Å². The summed E-state index contributed by atoms with van der Waals surface area (Å²) in [4.78, 5) is 24.2. The van der Waals surface area contributed by atoms with Crippen molar-refractivity contribution >= 4 is 11.9 Å². The normalized spacial score (nSPS) is 26.5. The van der Waals surface area contributed by atoms with Crippen LogP contribution >= 0.6 is 0 Å². The van der Waals surface area contributed by atoms with Gasteiger partial charge in [-0.2, -0.15) is 0 Å². The monoisotopic (exact) mass is 397 g/mol. The van der Waals surface area contributed by atoms with Gasteiger partial charge in [-0.15, -0.1) is 0 Å². The van der Waals surface area contributed by atoms with Crippen LogP contribution in [-0.2, 0) is 4.79 Å². The van der Waals surface area contributed by atoms with Crippen LogP contribution in [0.1, 0.15) is 44.6 Å². The Kier molecular flexibility index (Phi) is 6.38. The fourth-order valence-corrected chi connectivity index (χ4v) is 4.65. The molecule has 0 spiro atoms. The highest BCUT2D eigenvalue weighted by Crippen LogP contribution is 2.40. The molecule has 1 N–H and O–H groups in total. The van der Waals surface area contributed by atoms with Crippen LogP contribution in [0.2, 0.25) is 0 Å². The van der Waals surface area contributed by atoms with Gasteiger partial charge in [0.25, 0.3) is 0 Å². The number of piperazine rings is 1. The molecule has 3 fully saturated rings. The van der Waals surface area contributed by atoms with Gasteiger partial charge >= 0.3 is 0 Å². The first-order valence-corrected chi connectivity index (χ1v) is 11.3. The lowest BCUT2D eigenvalue weighted by atomic mass is 10.1. The second kappa shape index (κ2) is 9.16. The van der Waals surface area contributed by atoms with Crippen molar-refractivity contribution in [3.05, 3.63) is 35.9 Å². The SMILES string of the molecule is CCN=C(NC1CC1c1ccccc1)N1CCN(C(C)C(=O)N2CCCC2)CC1. The Morgan fingerprint density at radius 2 is 1.76 bits per heavy atom. The molecule has 2 saturated heterocycles. The molecule has 0 radical (unpaired) electrons. The molecule has 1 aromatic rings. The third kappa shape index (κ3) is 4.74. The highest BCUT2D eigenvalue weighted by Gasteiger charge is 2.40. The molecule has 3 atom stereocenters. The average Bonchev–Trinajstić information content (AvgIpc) is 3.31. The van der Waals surface area contributed by atoms with Gasteiger partial charge in [0.05, 0.1) is 6.04 Å². The molecule has 1 aromatic carbocycles. The van der Waals surface area contributed by atoms with Crippen molar-refractivity contribution in [1.82, 2.24) is 20.0 Å².